The largest absolute Gasteiger partial charge is 0.257 e. The molecule has 0 spiro atoms. The Morgan fingerprint density at radius 2 is 2.57 bits per heavy atom. The summed E-state index contributed by atoms with van der Waals surface area (Å²) in [5.41, 5.74) is 6.27. The molecule has 0 aromatic carbocycles. The lowest BCUT2D eigenvalue weighted by Crippen LogP contribution is -2.36. The van der Waals surface area contributed by atoms with E-state index in [2.05, 4.69) is 10.9 Å². The van der Waals surface area contributed by atoms with Gasteiger partial charge < -0.3 is 0 Å². The number of rotatable bonds is 0. The summed E-state index contributed by atoms with van der Waals surface area (Å²) >= 11 is 0. The minimum atomic E-state index is 0.750. The minimum Gasteiger partial charge on any atom is -0.257 e. The highest BCUT2D eigenvalue weighted by molar-refractivity contribution is 5.15. The summed E-state index contributed by atoms with van der Waals surface area (Å²) in [5, 5.41) is 0. The first-order valence-electron chi connectivity index (χ1n) is 2.80. The molecular weight excluding hydrogens is 88.1 g/mol. The van der Waals surface area contributed by atoms with E-state index in [1.165, 1.54) is 12.8 Å². The molecule has 1 unspecified atom stereocenters. The second kappa shape index (κ2) is 1.20. The molecule has 0 aromatic heterocycles. The zero-order valence-electron chi connectivity index (χ0n) is 4.20. The van der Waals surface area contributed by atoms with Crippen LogP contribution in [0.4, 0.5) is 0 Å². The van der Waals surface area contributed by atoms with Gasteiger partial charge in [0.15, 0.2) is 0 Å². The van der Waals surface area contributed by atoms with Crippen molar-refractivity contribution >= 4 is 0 Å². The monoisotopic (exact) mass is 97.1 g/mol. The Morgan fingerprint density at radius 3 is 2.86 bits per heavy atom. The van der Waals surface area contributed by atoms with Crippen molar-refractivity contribution in [2.45, 2.75) is 18.9 Å². The van der Waals surface area contributed by atoms with E-state index in [0.717, 1.165) is 12.6 Å². The highest BCUT2D eigenvalue weighted by Gasteiger charge is 2.34. The summed E-state index contributed by atoms with van der Waals surface area (Å²) in [6.07, 6.45) is 2.70. The molecule has 1 heterocycles. The predicted octanol–water partition coefficient (Wildman–Crippen LogP) is -0.169. The first-order valence-corrected chi connectivity index (χ1v) is 2.80. The molecule has 0 amide bonds. The summed E-state index contributed by atoms with van der Waals surface area (Å²) < 4.78 is 0. The molecule has 7 heavy (non-hydrogen) atoms. The van der Waals surface area contributed by atoms with Crippen LogP contribution >= 0.6 is 0 Å². The molecule has 1 aliphatic heterocycles. The second-order valence-electron chi connectivity index (χ2n) is 2.25. The lowest BCUT2D eigenvalue weighted by molar-refractivity contribution is 0.439. The van der Waals surface area contributed by atoms with Crippen LogP contribution in [-0.2, 0) is 0 Å². The fourth-order valence-corrected chi connectivity index (χ4v) is 1.17. The Kier molecular flexibility index (Phi) is 0.664. The zero-order valence-corrected chi connectivity index (χ0v) is 4.20. The van der Waals surface area contributed by atoms with Gasteiger partial charge >= 0.3 is 0 Å². The van der Waals surface area contributed by atoms with Gasteiger partial charge in [0, 0.05) is 18.5 Å². The summed E-state index contributed by atoms with van der Waals surface area (Å²) in [7, 11) is 0. The Labute approximate surface area is 43.3 Å². The molecule has 2 fully saturated rings. The van der Waals surface area contributed by atoms with E-state index in [1.54, 1.807) is 5.92 Å². The summed E-state index contributed by atoms with van der Waals surface area (Å²) in [6, 6.07) is 0.750. The Balaban J connectivity index is 2.03. The summed E-state index contributed by atoms with van der Waals surface area (Å²) in [6.45, 7) is 1.12. The van der Waals surface area contributed by atoms with Crippen molar-refractivity contribution in [1.82, 2.24) is 10.9 Å². The third kappa shape index (κ3) is 0.409. The SMILES string of the molecule is C1CC2NNC[C]12. The molecule has 2 rings (SSSR count). The number of fused-ring (bicyclic) bond motifs is 1. The third-order valence-corrected chi connectivity index (χ3v) is 1.84. The maximum Gasteiger partial charge on any atom is 0.0288 e. The first kappa shape index (κ1) is 3.87. The topological polar surface area (TPSA) is 24.1 Å². The Bertz CT molecular complexity index is 72.1. The highest BCUT2D eigenvalue weighted by atomic mass is 15.4. The molecule has 1 saturated carbocycles. The van der Waals surface area contributed by atoms with Crippen molar-refractivity contribution in [2.75, 3.05) is 6.54 Å². The number of nitrogens with one attached hydrogen (secondary N) is 2. The molecule has 2 heteroatoms. The van der Waals surface area contributed by atoms with Gasteiger partial charge in [-0.3, -0.25) is 10.9 Å². The number of hydrogen-bond acceptors (Lipinski definition) is 2. The maximum atomic E-state index is 3.17. The van der Waals surface area contributed by atoms with Crippen molar-refractivity contribution < 1.29 is 0 Å². The fraction of sp³-hybridized carbons (Fsp3) is 0.800. The molecule has 2 N–H and O–H groups in total. The zero-order chi connectivity index (χ0) is 4.69. The van der Waals surface area contributed by atoms with Crippen LogP contribution in [0.5, 0.6) is 0 Å². The van der Waals surface area contributed by atoms with Crippen LogP contribution < -0.4 is 10.9 Å². The van der Waals surface area contributed by atoms with Crippen LogP contribution in [0, 0.1) is 5.92 Å². The predicted molar refractivity (Wildman–Crippen MR) is 27.4 cm³/mol. The van der Waals surface area contributed by atoms with E-state index < -0.39 is 0 Å². The molecule has 2 aliphatic rings. The van der Waals surface area contributed by atoms with Crippen molar-refractivity contribution in [2.24, 2.45) is 0 Å². The molecular formula is C5H9N2. The van der Waals surface area contributed by atoms with Crippen molar-refractivity contribution in [3.05, 3.63) is 5.92 Å². The number of hydrogen-bond donors (Lipinski definition) is 2. The summed E-state index contributed by atoms with van der Waals surface area (Å²) in [5.74, 6) is 1.67. The lowest BCUT2D eigenvalue weighted by atomic mass is 9.82. The van der Waals surface area contributed by atoms with E-state index in [9.17, 15) is 0 Å². The summed E-state index contributed by atoms with van der Waals surface area (Å²) in [4.78, 5) is 0. The van der Waals surface area contributed by atoms with Gasteiger partial charge in [0.1, 0.15) is 0 Å². The van der Waals surface area contributed by atoms with Crippen LogP contribution in [-0.4, -0.2) is 12.6 Å². The lowest BCUT2D eigenvalue weighted by Gasteiger charge is -2.26. The quantitative estimate of drug-likeness (QED) is 0.438. The van der Waals surface area contributed by atoms with E-state index in [0.29, 0.717) is 0 Å². The van der Waals surface area contributed by atoms with Gasteiger partial charge in [0.2, 0.25) is 0 Å². The van der Waals surface area contributed by atoms with E-state index in [4.69, 9.17) is 0 Å². The Hall–Kier alpha value is -0.0800. The van der Waals surface area contributed by atoms with E-state index >= 15 is 0 Å². The van der Waals surface area contributed by atoms with Crippen molar-refractivity contribution in [3.8, 4) is 0 Å². The Morgan fingerprint density at radius 1 is 1.57 bits per heavy atom. The van der Waals surface area contributed by atoms with E-state index in [-0.39, 0.29) is 0 Å². The number of hydrazine groups is 1. The van der Waals surface area contributed by atoms with Crippen molar-refractivity contribution in [3.63, 3.8) is 0 Å². The van der Waals surface area contributed by atoms with Crippen LogP contribution in [0.15, 0.2) is 0 Å². The van der Waals surface area contributed by atoms with Gasteiger partial charge in [-0.15, -0.1) is 0 Å². The highest BCUT2D eigenvalue weighted by Crippen LogP contribution is 2.30. The van der Waals surface area contributed by atoms with Gasteiger partial charge in [-0.05, 0) is 12.8 Å². The van der Waals surface area contributed by atoms with E-state index in [1.807, 2.05) is 0 Å². The van der Waals surface area contributed by atoms with Crippen LogP contribution in [0.25, 0.3) is 0 Å². The first-order chi connectivity index (χ1) is 3.47. The average molecular weight is 97.1 g/mol. The van der Waals surface area contributed by atoms with Gasteiger partial charge in [-0.25, -0.2) is 0 Å². The van der Waals surface area contributed by atoms with Crippen LogP contribution in [0.1, 0.15) is 12.8 Å². The standard InChI is InChI=1S/C5H9N2/c1-2-5-4(1)3-6-7-5/h5-7H,1-3H2. The average Bonchev–Trinajstić information content (AvgIpc) is 1.85. The van der Waals surface area contributed by atoms with Gasteiger partial charge in [0.05, 0.1) is 0 Å². The normalized spacial score (nSPS) is 40.3. The second-order valence-corrected chi connectivity index (χ2v) is 2.25. The van der Waals surface area contributed by atoms with Gasteiger partial charge in [0.25, 0.3) is 0 Å². The molecule has 0 aromatic rings. The minimum absolute atomic E-state index is 0.750. The third-order valence-electron chi connectivity index (χ3n) is 1.84. The van der Waals surface area contributed by atoms with Gasteiger partial charge in [-0.1, -0.05) is 0 Å². The molecule has 0 bridgehead atoms. The van der Waals surface area contributed by atoms with Crippen LogP contribution in [0.3, 0.4) is 0 Å². The molecule has 1 radical (unpaired) electrons. The molecule has 39 valence electrons. The fourth-order valence-electron chi connectivity index (χ4n) is 1.17. The van der Waals surface area contributed by atoms with Crippen molar-refractivity contribution in [1.29, 1.82) is 0 Å². The van der Waals surface area contributed by atoms with Crippen LogP contribution in [0.2, 0.25) is 0 Å². The maximum absolute atomic E-state index is 3.17. The smallest absolute Gasteiger partial charge is 0.0288 e. The molecule has 1 atom stereocenters. The molecule has 2 nitrogen and oxygen atoms in total. The molecule has 1 saturated heterocycles. The van der Waals surface area contributed by atoms with Gasteiger partial charge in [-0.2, -0.15) is 0 Å². The molecule has 1 aliphatic carbocycles.